The van der Waals surface area contributed by atoms with Crippen molar-refractivity contribution in [3.8, 4) is 11.5 Å². The Balaban J connectivity index is 1.62. The number of carboxylic acids is 1. The van der Waals surface area contributed by atoms with E-state index < -0.39 is 23.8 Å². The Kier molecular flexibility index (Phi) is 10.1. The quantitative estimate of drug-likeness (QED) is 0.304. The van der Waals surface area contributed by atoms with Crippen LogP contribution in [0.25, 0.3) is 0 Å². The molecule has 222 valence electrons. The van der Waals surface area contributed by atoms with Crippen molar-refractivity contribution in [1.82, 2.24) is 19.6 Å². The van der Waals surface area contributed by atoms with E-state index in [0.29, 0.717) is 75.7 Å². The number of likely N-dealkylation sites (N-methyl/N-ethyl adjacent to an activating group) is 1. The molecule has 1 aromatic carbocycles. The maximum absolute atomic E-state index is 13.5. The molecule has 2 fully saturated rings. The molecule has 3 aliphatic heterocycles. The average Bonchev–Trinajstić information content (AvgIpc) is 3.64. The summed E-state index contributed by atoms with van der Waals surface area (Å²) in [7, 11) is 1.75. The number of amides is 3. The third-order valence-electron chi connectivity index (χ3n) is 8.31. The number of carbonyl (C=O) groups excluding carboxylic acids is 2. The molecule has 0 aliphatic carbocycles. The van der Waals surface area contributed by atoms with E-state index >= 15 is 0 Å². The van der Waals surface area contributed by atoms with Crippen LogP contribution in [0.15, 0.2) is 12.1 Å². The molecule has 2 saturated heterocycles. The number of benzene rings is 1. The Labute approximate surface area is 235 Å². The zero-order chi connectivity index (χ0) is 28.8. The fourth-order valence-corrected chi connectivity index (χ4v) is 6.09. The van der Waals surface area contributed by atoms with Crippen molar-refractivity contribution in [2.75, 3.05) is 66.2 Å². The first kappa shape index (κ1) is 29.9. The van der Waals surface area contributed by atoms with E-state index in [0.717, 1.165) is 18.4 Å². The first-order valence-corrected chi connectivity index (χ1v) is 14.3. The monoisotopic (exact) mass is 561 g/mol. The smallest absolute Gasteiger partial charge is 0.319 e. The highest BCUT2D eigenvalue weighted by molar-refractivity contribution is 5.79. The lowest BCUT2D eigenvalue weighted by Crippen LogP contribution is -2.46. The zero-order valence-corrected chi connectivity index (χ0v) is 23.6. The number of rotatable bonds is 14. The van der Waals surface area contributed by atoms with Gasteiger partial charge in [-0.2, -0.15) is 0 Å². The zero-order valence-electron chi connectivity index (χ0n) is 23.6. The number of nitrogens with zero attached hydrogens (tertiary/aromatic N) is 4. The number of fused-ring (bicyclic) bond motifs is 1. The van der Waals surface area contributed by atoms with Crippen molar-refractivity contribution >= 4 is 17.9 Å². The lowest BCUT2D eigenvalue weighted by atomic mass is 9.83. The number of carboxylic acid groups (broad SMARTS) is 1. The van der Waals surface area contributed by atoms with Gasteiger partial charge in [0.15, 0.2) is 11.5 Å². The van der Waals surface area contributed by atoms with Gasteiger partial charge in [-0.05, 0) is 43.5 Å². The third kappa shape index (κ3) is 6.45. The molecule has 0 spiro atoms. The van der Waals surface area contributed by atoms with Crippen LogP contribution in [0, 0.1) is 5.92 Å². The molecular formula is C28H43N5O7. The van der Waals surface area contributed by atoms with Gasteiger partial charge >= 0.3 is 12.0 Å². The van der Waals surface area contributed by atoms with Crippen LogP contribution in [0.2, 0.25) is 0 Å². The molecule has 3 amide bonds. The molecule has 40 heavy (non-hydrogen) atoms. The van der Waals surface area contributed by atoms with Gasteiger partial charge < -0.3 is 40.1 Å². The van der Waals surface area contributed by atoms with Crippen LogP contribution in [0.4, 0.5) is 4.79 Å². The number of likely N-dealkylation sites (tertiary alicyclic amines) is 1. The van der Waals surface area contributed by atoms with Gasteiger partial charge in [0.2, 0.25) is 12.7 Å². The number of ether oxygens (including phenoxy) is 2. The average molecular weight is 562 g/mol. The lowest BCUT2D eigenvalue weighted by Gasteiger charge is -2.30. The van der Waals surface area contributed by atoms with Crippen molar-refractivity contribution in [3.05, 3.63) is 23.3 Å². The summed E-state index contributed by atoms with van der Waals surface area (Å²) >= 11 is 0. The maximum atomic E-state index is 13.5. The van der Waals surface area contributed by atoms with Gasteiger partial charge in [0.05, 0.1) is 19.1 Å². The number of hydrogen-bond donors (Lipinski definition) is 3. The molecule has 3 atom stereocenters. The number of urea groups is 1. The van der Waals surface area contributed by atoms with E-state index in [-0.39, 0.29) is 31.9 Å². The van der Waals surface area contributed by atoms with Crippen LogP contribution in [0.3, 0.4) is 0 Å². The first-order chi connectivity index (χ1) is 19.3. The second kappa shape index (κ2) is 13.5. The number of nitrogens with two attached hydrogens (primary N) is 1. The first-order valence-electron chi connectivity index (χ1n) is 14.3. The minimum atomic E-state index is -0.955. The van der Waals surface area contributed by atoms with Crippen LogP contribution in [-0.4, -0.2) is 120 Å². The predicted octanol–water partition coefficient (Wildman–Crippen LogP) is 1.11. The van der Waals surface area contributed by atoms with E-state index in [2.05, 4.69) is 6.92 Å². The van der Waals surface area contributed by atoms with Gasteiger partial charge in [0.25, 0.3) is 0 Å². The van der Waals surface area contributed by atoms with Crippen LogP contribution >= 0.6 is 0 Å². The highest BCUT2D eigenvalue weighted by atomic mass is 16.7. The van der Waals surface area contributed by atoms with Crippen molar-refractivity contribution in [2.45, 2.75) is 51.2 Å². The second-order valence-corrected chi connectivity index (χ2v) is 10.9. The van der Waals surface area contributed by atoms with Crippen molar-refractivity contribution < 1.29 is 34.1 Å². The van der Waals surface area contributed by atoms with E-state index in [4.69, 9.17) is 15.2 Å². The van der Waals surface area contributed by atoms with Gasteiger partial charge in [0.1, 0.15) is 0 Å². The summed E-state index contributed by atoms with van der Waals surface area (Å²) in [5.74, 6) is -1.30. The molecule has 12 nitrogen and oxygen atoms in total. The minimum Gasteiger partial charge on any atom is -0.481 e. The Morgan fingerprint density at radius 2 is 1.95 bits per heavy atom. The van der Waals surface area contributed by atoms with Gasteiger partial charge in [-0.1, -0.05) is 13.3 Å². The van der Waals surface area contributed by atoms with Gasteiger partial charge in [0, 0.05) is 63.8 Å². The highest BCUT2D eigenvalue weighted by Crippen LogP contribution is 2.44. The topological polar surface area (TPSA) is 149 Å². The Morgan fingerprint density at radius 3 is 2.60 bits per heavy atom. The third-order valence-corrected chi connectivity index (χ3v) is 8.31. The molecule has 0 unspecified atom stereocenters. The Morgan fingerprint density at radius 1 is 1.18 bits per heavy atom. The highest BCUT2D eigenvalue weighted by Gasteiger charge is 2.48. The van der Waals surface area contributed by atoms with Crippen molar-refractivity contribution in [1.29, 1.82) is 0 Å². The Hall–Kier alpha value is -3.09. The van der Waals surface area contributed by atoms with Crippen LogP contribution in [0.5, 0.6) is 11.5 Å². The second-order valence-electron chi connectivity index (χ2n) is 10.9. The molecule has 1 aromatic rings. The molecular weight excluding hydrogens is 518 g/mol. The number of unbranched alkanes of at least 4 members (excludes halogenated alkanes) is 1. The summed E-state index contributed by atoms with van der Waals surface area (Å²) in [6, 6.07) is 3.04. The summed E-state index contributed by atoms with van der Waals surface area (Å²) in [4.78, 5) is 46.1. The molecule has 12 heteroatoms. The summed E-state index contributed by atoms with van der Waals surface area (Å²) in [6.07, 6.45) is 2.96. The number of aliphatic carboxylic acids is 1. The fraction of sp³-hybridized carbons (Fsp3) is 0.679. The Bertz CT molecular complexity index is 1060. The normalized spacial score (nSPS) is 22.4. The molecule has 0 bridgehead atoms. The summed E-state index contributed by atoms with van der Waals surface area (Å²) < 4.78 is 11.1. The van der Waals surface area contributed by atoms with Gasteiger partial charge in [-0.3, -0.25) is 14.5 Å². The van der Waals surface area contributed by atoms with Crippen molar-refractivity contribution in [2.24, 2.45) is 11.7 Å². The number of carbonyl (C=O) groups is 3. The molecule has 0 radical (unpaired) electrons. The summed E-state index contributed by atoms with van der Waals surface area (Å²) in [5, 5.41) is 20.4. The minimum absolute atomic E-state index is 0.0385. The number of aliphatic hydroxyl groups excluding tert-OH is 1. The van der Waals surface area contributed by atoms with Crippen molar-refractivity contribution in [3.63, 3.8) is 0 Å². The van der Waals surface area contributed by atoms with E-state index in [1.807, 2.05) is 9.80 Å². The lowest BCUT2D eigenvalue weighted by molar-refractivity contribution is -0.144. The van der Waals surface area contributed by atoms with Crippen LogP contribution in [-0.2, 0) is 16.2 Å². The van der Waals surface area contributed by atoms with Gasteiger partial charge in [-0.25, -0.2) is 4.79 Å². The molecule has 4 rings (SSSR count). The standard InChI is InChI=1S/C28H43N5O7/c1-3-4-8-31(9-5-7-29)24(35)16-33-15-21(19-13-20(17-34)26-23(14-19)39-18-40-26)25(27(36)37)22(33)6-10-32-12-11-30(2)28(32)38/h13-14,21-22,25,34H,3-12,15-18,29H2,1-2H3,(H,36,37)/t21-,22+,25-/m1/s1. The largest absolute Gasteiger partial charge is 0.481 e. The summed E-state index contributed by atoms with van der Waals surface area (Å²) in [6.45, 7) is 5.60. The molecule has 3 aliphatic rings. The maximum Gasteiger partial charge on any atom is 0.319 e. The van der Waals surface area contributed by atoms with Crippen LogP contribution < -0.4 is 15.2 Å². The summed E-state index contributed by atoms with van der Waals surface area (Å²) in [5.41, 5.74) is 6.99. The van der Waals surface area contributed by atoms with E-state index in [9.17, 15) is 24.6 Å². The number of aliphatic hydroxyl groups is 1. The number of hydrogen-bond acceptors (Lipinski definition) is 8. The molecule has 0 saturated carbocycles. The van der Waals surface area contributed by atoms with E-state index in [1.54, 1.807) is 29.0 Å². The SMILES string of the molecule is CCCCN(CCCN)C(=O)CN1C[C@H](c2cc(CO)c3c(c2)OCO3)[C@@H](C(=O)O)[C@@H]1CCN1CCN(C)C1=O. The van der Waals surface area contributed by atoms with E-state index in [1.165, 1.54) is 0 Å². The molecule has 0 aromatic heterocycles. The molecule has 4 N–H and O–H groups in total. The fourth-order valence-electron chi connectivity index (χ4n) is 6.09. The van der Waals surface area contributed by atoms with Crippen LogP contribution in [0.1, 0.15) is 49.7 Å². The predicted molar refractivity (Wildman–Crippen MR) is 147 cm³/mol. The van der Waals surface area contributed by atoms with Gasteiger partial charge in [-0.15, -0.1) is 0 Å². The molecule has 3 heterocycles.